The Morgan fingerprint density at radius 1 is 1.27 bits per heavy atom. The zero-order valence-electron chi connectivity index (χ0n) is 12.2. The summed E-state index contributed by atoms with van der Waals surface area (Å²) in [6, 6.07) is 9.92. The van der Waals surface area contributed by atoms with Crippen LogP contribution < -0.4 is 10.6 Å². The van der Waals surface area contributed by atoms with E-state index < -0.39 is 0 Å². The topological polar surface area (TPSA) is 54.0 Å². The normalized spacial score (nSPS) is 10.0. The van der Waals surface area contributed by atoms with Crippen LogP contribution in [-0.4, -0.2) is 24.0 Å². The average molecular weight is 299 g/mol. The molecular formula is C17H18FN3O. The van der Waals surface area contributed by atoms with Gasteiger partial charge in [0.15, 0.2) is 0 Å². The lowest BCUT2D eigenvalue weighted by Crippen LogP contribution is -2.24. The molecule has 4 nitrogen and oxygen atoms in total. The second-order valence-electron chi connectivity index (χ2n) is 4.73. The van der Waals surface area contributed by atoms with E-state index in [0.717, 1.165) is 17.7 Å². The molecule has 0 bridgehead atoms. The van der Waals surface area contributed by atoms with E-state index in [4.69, 9.17) is 0 Å². The smallest absolute Gasteiger partial charge is 0.270 e. The molecule has 5 heteroatoms. The van der Waals surface area contributed by atoms with Gasteiger partial charge in [0.25, 0.3) is 5.91 Å². The fraction of sp³-hybridized carbons (Fsp3) is 0.176. The second kappa shape index (κ2) is 7.93. The van der Waals surface area contributed by atoms with Crippen LogP contribution in [0.25, 0.3) is 0 Å². The van der Waals surface area contributed by atoms with Crippen LogP contribution in [0, 0.1) is 5.82 Å². The van der Waals surface area contributed by atoms with Crippen molar-refractivity contribution in [1.82, 2.24) is 10.3 Å². The number of nitrogens with zero attached hydrogens (tertiary/aromatic N) is 1. The summed E-state index contributed by atoms with van der Waals surface area (Å²) in [5.74, 6) is -0.469. The maximum atomic E-state index is 12.8. The van der Waals surface area contributed by atoms with Crippen molar-refractivity contribution < 1.29 is 9.18 Å². The molecule has 0 unspecified atom stereocenters. The Hall–Kier alpha value is -2.69. The van der Waals surface area contributed by atoms with E-state index in [9.17, 15) is 9.18 Å². The zero-order chi connectivity index (χ0) is 15.8. The summed E-state index contributed by atoms with van der Waals surface area (Å²) in [7, 11) is 0. The van der Waals surface area contributed by atoms with Gasteiger partial charge in [-0.05, 0) is 36.2 Å². The van der Waals surface area contributed by atoms with Crippen molar-refractivity contribution in [3.8, 4) is 0 Å². The van der Waals surface area contributed by atoms with Gasteiger partial charge in [-0.3, -0.25) is 9.78 Å². The summed E-state index contributed by atoms with van der Waals surface area (Å²) >= 11 is 0. The molecule has 22 heavy (non-hydrogen) atoms. The highest BCUT2D eigenvalue weighted by Gasteiger charge is 2.06. The molecule has 1 heterocycles. The highest BCUT2D eigenvalue weighted by atomic mass is 19.1. The van der Waals surface area contributed by atoms with Gasteiger partial charge in [-0.2, -0.15) is 0 Å². The predicted octanol–water partition coefficient (Wildman–Crippen LogP) is 2.79. The van der Waals surface area contributed by atoms with E-state index in [1.807, 2.05) is 0 Å². The van der Waals surface area contributed by atoms with E-state index in [2.05, 4.69) is 22.2 Å². The number of hydrogen-bond donors (Lipinski definition) is 2. The van der Waals surface area contributed by atoms with Crippen molar-refractivity contribution in [3.63, 3.8) is 0 Å². The number of carbonyl (C=O) groups is 1. The van der Waals surface area contributed by atoms with Crippen LogP contribution in [0.1, 0.15) is 16.1 Å². The van der Waals surface area contributed by atoms with E-state index in [1.54, 1.807) is 36.5 Å². The average Bonchev–Trinajstić information content (AvgIpc) is 2.55. The summed E-state index contributed by atoms with van der Waals surface area (Å²) in [6.07, 6.45) is 3.96. The summed E-state index contributed by atoms with van der Waals surface area (Å²) in [6.45, 7) is 4.64. The van der Waals surface area contributed by atoms with Gasteiger partial charge in [-0.25, -0.2) is 4.39 Å². The highest BCUT2D eigenvalue weighted by molar-refractivity contribution is 5.93. The molecule has 1 aromatic carbocycles. The minimum Gasteiger partial charge on any atom is -0.385 e. The van der Waals surface area contributed by atoms with Gasteiger partial charge in [0.1, 0.15) is 11.5 Å². The Labute approximate surface area is 129 Å². The first-order valence-electron chi connectivity index (χ1n) is 7.02. The van der Waals surface area contributed by atoms with Gasteiger partial charge < -0.3 is 10.6 Å². The zero-order valence-corrected chi connectivity index (χ0v) is 12.2. The van der Waals surface area contributed by atoms with Crippen LogP contribution >= 0.6 is 0 Å². The lowest BCUT2D eigenvalue weighted by molar-refractivity contribution is 0.0953. The van der Waals surface area contributed by atoms with Gasteiger partial charge in [-0.1, -0.05) is 18.2 Å². The standard InChI is InChI=1S/C17H18FN3O/c1-2-9-21-17(22)16-12-15(8-11-20-16)19-10-7-13-3-5-14(18)6-4-13/h2-6,8,11-12H,1,7,9-10H2,(H,19,20)(H,21,22). The van der Waals surface area contributed by atoms with Crippen LogP contribution in [0.4, 0.5) is 10.1 Å². The van der Waals surface area contributed by atoms with Gasteiger partial charge >= 0.3 is 0 Å². The molecule has 0 spiro atoms. The Kier molecular flexibility index (Phi) is 5.65. The van der Waals surface area contributed by atoms with Crippen LogP contribution in [0.5, 0.6) is 0 Å². The first-order chi connectivity index (χ1) is 10.7. The number of rotatable bonds is 7. The Bertz CT molecular complexity index is 641. The molecule has 114 valence electrons. The van der Waals surface area contributed by atoms with E-state index in [0.29, 0.717) is 18.8 Å². The van der Waals surface area contributed by atoms with Crippen molar-refractivity contribution in [3.05, 3.63) is 72.3 Å². The van der Waals surface area contributed by atoms with Crippen molar-refractivity contribution in [2.45, 2.75) is 6.42 Å². The van der Waals surface area contributed by atoms with E-state index in [1.165, 1.54) is 12.1 Å². The first-order valence-corrected chi connectivity index (χ1v) is 7.02. The molecule has 0 radical (unpaired) electrons. The fourth-order valence-electron chi connectivity index (χ4n) is 1.92. The molecule has 2 N–H and O–H groups in total. The Morgan fingerprint density at radius 2 is 2.05 bits per heavy atom. The molecule has 0 atom stereocenters. The monoisotopic (exact) mass is 299 g/mol. The summed E-state index contributed by atoms with van der Waals surface area (Å²) in [5.41, 5.74) is 2.22. The van der Waals surface area contributed by atoms with Gasteiger partial charge in [0, 0.05) is 25.0 Å². The largest absolute Gasteiger partial charge is 0.385 e. The number of pyridine rings is 1. The lowest BCUT2D eigenvalue weighted by Gasteiger charge is -2.08. The predicted molar refractivity (Wildman–Crippen MR) is 85.4 cm³/mol. The fourth-order valence-corrected chi connectivity index (χ4v) is 1.92. The lowest BCUT2D eigenvalue weighted by atomic mass is 10.1. The van der Waals surface area contributed by atoms with Crippen LogP contribution in [-0.2, 0) is 6.42 Å². The SMILES string of the molecule is C=CCNC(=O)c1cc(NCCc2ccc(F)cc2)ccn1. The minimum atomic E-state index is -0.235. The van der Waals surface area contributed by atoms with Crippen LogP contribution in [0.2, 0.25) is 0 Å². The van der Waals surface area contributed by atoms with Gasteiger partial charge in [0.05, 0.1) is 0 Å². The number of halogens is 1. The Balaban J connectivity index is 1.88. The Morgan fingerprint density at radius 3 is 2.77 bits per heavy atom. The summed E-state index contributed by atoms with van der Waals surface area (Å²) in [5, 5.41) is 5.91. The maximum Gasteiger partial charge on any atom is 0.270 e. The van der Waals surface area contributed by atoms with Crippen molar-refractivity contribution in [2.24, 2.45) is 0 Å². The number of amides is 1. The van der Waals surface area contributed by atoms with E-state index >= 15 is 0 Å². The maximum absolute atomic E-state index is 12.8. The first kappa shape index (κ1) is 15.7. The molecule has 0 aliphatic rings. The van der Waals surface area contributed by atoms with Crippen LogP contribution in [0.15, 0.2) is 55.3 Å². The van der Waals surface area contributed by atoms with Crippen LogP contribution in [0.3, 0.4) is 0 Å². The molecule has 0 aliphatic heterocycles. The third-order valence-corrected chi connectivity index (χ3v) is 3.06. The van der Waals surface area contributed by atoms with Gasteiger partial charge in [-0.15, -0.1) is 6.58 Å². The molecule has 1 aromatic heterocycles. The summed E-state index contributed by atoms with van der Waals surface area (Å²) in [4.78, 5) is 15.8. The molecule has 2 rings (SSSR count). The third-order valence-electron chi connectivity index (χ3n) is 3.06. The number of nitrogens with one attached hydrogen (secondary N) is 2. The molecule has 0 fully saturated rings. The van der Waals surface area contributed by atoms with Crippen molar-refractivity contribution in [2.75, 3.05) is 18.4 Å². The molecule has 2 aromatic rings. The highest BCUT2D eigenvalue weighted by Crippen LogP contribution is 2.09. The summed E-state index contributed by atoms with van der Waals surface area (Å²) < 4.78 is 12.8. The quantitative estimate of drug-likeness (QED) is 0.773. The van der Waals surface area contributed by atoms with Gasteiger partial charge in [0.2, 0.25) is 0 Å². The molecule has 0 saturated heterocycles. The van der Waals surface area contributed by atoms with Crippen molar-refractivity contribution >= 4 is 11.6 Å². The van der Waals surface area contributed by atoms with Crippen molar-refractivity contribution in [1.29, 1.82) is 0 Å². The minimum absolute atomic E-state index is 0.234. The number of anilines is 1. The number of carbonyl (C=O) groups excluding carboxylic acids is 1. The number of benzene rings is 1. The number of aromatic nitrogens is 1. The second-order valence-corrected chi connectivity index (χ2v) is 4.73. The molecule has 0 saturated carbocycles. The molecular weight excluding hydrogens is 281 g/mol. The third kappa shape index (κ3) is 4.70. The molecule has 1 amide bonds. The number of hydrogen-bond acceptors (Lipinski definition) is 3. The molecule has 0 aliphatic carbocycles. The van der Waals surface area contributed by atoms with E-state index in [-0.39, 0.29) is 11.7 Å².